The van der Waals surface area contributed by atoms with Gasteiger partial charge in [-0.1, -0.05) is 19.1 Å². The molecule has 216 valence electrons. The minimum Gasteiger partial charge on any atom is -0.444 e. The summed E-state index contributed by atoms with van der Waals surface area (Å²) in [7, 11) is 0. The zero-order chi connectivity index (χ0) is 29.4. The minimum absolute atomic E-state index is 0.0406. The van der Waals surface area contributed by atoms with Crippen LogP contribution in [0.3, 0.4) is 0 Å². The summed E-state index contributed by atoms with van der Waals surface area (Å²) in [6.45, 7) is 13.3. The van der Waals surface area contributed by atoms with Crippen LogP contribution < -0.4 is 14.9 Å². The van der Waals surface area contributed by atoms with Gasteiger partial charge in [-0.05, 0) is 82.7 Å². The Morgan fingerprint density at radius 2 is 2.00 bits per heavy atom. The van der Waals surface area contributed by atoms with Crippen LogP contribution in [0.15, 0.2) is 36.5 Å². The molecule has 2 aromatic heterocycles. The molecule has 2 aliphatic rings. The number of amides is 2. The number of ether oxygens (including phenoxy) is 1. The SMILES string of the molecule is CC1CN(c2ncc(C3=CCN(C(=O)OC(C)(C)C)CC3)cc2C(=O)N(c2cccc(N)n2)S(=O)O)C(C)(C)C1. The van der Waals surface area contributed by atoms with Gasteiger partial charge in [0.25, 0.3) is 17.2 Å². The van der Waals surface area contributed by atoms with Gasteiger partial charge < -0.3 is 20.3 Å². The highest BCUT2D eigenvalue weighted by atomic mass is 32.2. The van der Waals surface area contributed by atoms with Crippen molar-refractivity contribution in [3.05, 3.63) is 47.7 Å². The number of nitrogens with two attached hydrogens (primary N) is 1. The van der Waals surface area contributed by atoms with Crippen molar-refractivity contribution in [3.8, 4) is 0 Å². The highest BCUT2D eigenvalue weighted by Gasteiger charge is 2.40. The van der Waals surface area contributed by atoms with E-state index in [4.69, 9.17) is 15.5 Å². The lowest BCUT2D eigenvalue weighted by atomic mass is 9.96. The predicted molar refractivity (Wildman–Crippen MR) is 156 cm³/mol. The molecular weight excluding hydrogens is 532 g/mol. The molecular formula is C28H38N6O5S. The van der Waals surface area contributed by atoms with Gasteiger partial charge in [-0.25, -0.2) is 19.0 Å². The molecule has 40 heavy (non-hydrogen) atoms. The summed E-state index contributed by atoms with van der Waals surface area (Å²) in [5, 5.41) is 0. The Kier molecular flexibility index (Phi) is 8.23. The summed E-state index contributed by atoms with van der Waals surface area (Å²) in [4.78, 5) is 39.1. The Labute approximate surface area is 237 Å². The van der Waals surface area contributed by atoms with Gasteiger partial charge in [0.1, 0.15) is 17.2 Å². The van der Waals surface area contributed by atoms with Crippen molar-refractivity contribution < 1.29 is 23.1 Å². The van der Waals surface area contributed by atoms with E-state index in [2.05, 4.69) is 30.7 Å². The second kappa shape index (κ2) is 11.2. The van der Waals surface area contributed by atoms with Crippen LogP contribution in [0.5, 0.6) is 0 Å². The Morgan fingerprint density at radius 3 is 2.55 bits per heavy atom. The smallest absolute Gasteiger partial charge is 0.410 e. The molecule has 0 spiro atoms. The molecule has 2 aliphatic heterocycles. The molecule has 1 saturated heterocycles. The molecule has 2 amide bonds. The van der Waals surface area contributed by atoms with Gasteiger partial charge in [0.15, 0.2) is 5.82 Å². The molecule has 0 bridgehead atoms. The third-order valence-corrected chi connectivity index (χ3v) is 7.63. The summed E-state index contributed by atoms with van der Waals surface area (Å²) in [6, 6.07) is 6.26. The first kappa shape index (κ1) is 29.5. The first-order valence-corrected chi connectivity index (χ1v) is 14.4. The Morgan fingerprint density at radius 1 is 1.27 bits per heavy atom. The Balaban J connectivity index is 1.74. The lowest BCUT2D eigenvalue weighted by Gasteiger charge is -2.34. The van der Waals surface area contributed by atoms with Crippen molar-refractivity contribution in [2.75, 3.05) is 34.6 Å². The molecule has 12 heteroatoms. The van der Waals surface area contributed by atoms with Crippen molar-refractivity contribution in [2.45, 2.75) is 65.5 Å². The predicted octanol–water partition coefficient (Wildman–Crippen LogP) is 4.49. The van der Waals surface area contributed by atoms with Gasteiger partial charge in [0.2, 0.25) is 0 Å². The number of pyridine rings is 2. The van der Waals surface area contributed by atoms with E-state index in [1.807, 2.05) is 26.8 Å². The number of carbonyl (C=O) groups excluding carboxylic acids is 2. The second-order valence-corrected chi connectivity index (χ2v) is 12.8. The maximum absolute atomic E-state index is 14.0. The molecule has 0 saturated carbocycles. The van der Waals surface area contributed by atoms with Gasteiger partial charge >= 0.3 is 6.09 Å². The Hall–Kier alpha value is -3.51. The number of nitrogen functional groups attached to an aromatic ring is 1. The number of aromatic nitrogens is 2. The van der Waals surface area contributed by atoms with E-state index < -0.39 is 22.8 Å². The van der Waals surface area contributed by atoms with E-state index >= 15 is 0 Å². The number of anilines is 3. The summed E-state index contributed by atoms with van der Waals surface area (Å²) >= 11 is -2.71. The van der Waals surface area contributed by atoms with Crippen molar-refractivity contribution in [3.63, 3.8) is 0 Å². The average molecular weight is 571 g/mol. The van der Waals surface area contributed by atoms with Gasteiger partial charge in [0, 0.05) is 31.4 Å². The molecule has 1 fully saturated rings. The van der Waals surface area contributed by atoms with Gasteiger partial charge in [0.05, 0.1) is 5.56 Å². The summed E-state index contributed by atoms with van der Waals surface area (Å²) in [5.41, 5.74) is 6.74. The van der Waals surface area contributed by atoms with Gasteiger partial charge in [-0.15, -0.1) is 0 Å². The summed E-state index contributed by atoms with van der Waals surface area (Å²) in [6.07, 6.45) is 4.70. The number of hydrogen-bond donors (Lipinski definition) is 2. The van der Waals surface area contributed by atoms with Gasteiger partial charge in [-0.3, -0.25) is 9.35 Å². The number of nitrogens with zero attached hydrogens (tertiary/aromatic N) is 5. The van der Waals surface area contributed by atoms with Crippen molar-refractivity contribution >= 4 is 46.3 Å². The summed E-state index contributed by atoms with van der Waals surface area (Å²) < 4.78 is 28.8. The molecule has 0 aromatic carbocycles. The fourth-order valence-electron chi connectivity index (χ4n) is 5.31. The molecule has 2 unspecified atom stereocenters. The normalized spacial score (nSPS) is 19.7. The topological polar surface area (TPSA) is 142 Å². The van der Waals surface area contributed by atoms with Crippen molar-refractivity contribution in [2.24, 2.45) is 5.92 Å². The van der Waals surface area contributed by atoms with Crippen LogP contribution in [0, 0.1) is 5.92 Å². The lowest BCUT2D eigenvalue weighted by molar-refractivity contribution is 0.0270. The van der Waals surface area contributed by atoms with Crippen LogP contribution in [0.2, 0.25) is 0 Å². The maximum Gasteiger partial charge on any atom is 0.410 e. The quantitative estimate of drug-likeness (QED) is 0.497. The largest absolute Gasteiger partial charge is 0.444 e. The van der Waals surface area contributed by atoms with E-state index in [9.17, 15) is 18.4 Å². The van der Waals surface area contributed by atoms with E-state index in [0.717, 1.165) is 12.0 Å². The average Bonchev–Trinajstić information content (AvgIpc) is 3.14. The number of carbonyl (C=O) groups is 2. The van der Waals surface area contributed by atoms with E-state index in [0.29, 0.717) is 47.7 Å². The van der Waals surface area contributed by atoms with Crippen LogP contribution in [0.4, 0.5) is 22.2 Å². The highest BCUT2D eigenvalue weighted by Crippen LogP contribution is 2.39. The molecule has 2 aromatic rings. The molecule has 2 atom stereocenters. The van der Waals surface area contributed by atoms with Crippen LogP contribution >= 0.6 is 0 Å². The monoisotopic (exact) mass is 570 g/mol. The Bertz CT molecular complexity index is 1350. The lowest BCUT2D eigenvalue weighted by Crippen LogP contribution is -2.41. The van der Waals surface area contributed by atoms with E-state index in [1.54, 1.807) is 23.2 Å². The maximum atomic E-state index is 14.0. The molecule has 0 radical (unpaired) electrons. The first-order valence-electron chi connectivity index (χ1n) is 13.3. The molecule has 3 N–H and O–H groups in total. The van der Waals surface area contributed by atoms with Gasteiger partial charge in [-0.2, -0.15) is 4.31 Å². The van der Waals surface area contributed by atoms with Crippen LogP contribution in [0.1, 0.15) is 70.3 Å². The third-order valence-electron chi connectivity index (χ3n) is 6.96. The van der Waals surface area contributed by atoms with Crippen LogP contribution in [0.25, 0.3) is 5.57 Å². The second-order valence-electron chi connectivity index (χ2n) is 12.0. The fraction of sp³-hybridized carbons (Fsp3) is 0.500. The zero-order valence-corrected chi connectivity index (χ0v) is 24.7. The standard InChI is InChI=1S/C28H38N6O5S/c1-18-15-28(5,6)33(17-18)24-21(25(35)34(40(37)38)23-9-7-8-22(29)31-23)14-20(16-30-24)19-10-12-32(13-11-19)26(36)39-27(2,3)4/h7-10,14,16,18H,11-13,15,17H2,1-6H3,(H2,29,31)(H,37,38). The molecule has 4 heterocycles. The third kappa shape index (κ3) is 6.44. The van der Waals surface area contributed by atoms with Crippen LogP contribution in [-0.2, 0) is 16.0 Å². The van der Waals surface area contributed by atoms with Crippen molar-refractivity contribution in [1.82, 2.24) is 14.9 Å². The minimum atomic E-state index is -2.71. The number of hydrogen-bond acceptors (Lipinski definition) is 8. The number of rotatable bonds is 5. The summed E-state index contributed by atoms with van der Waals surface area (Å²) in [5.74, 6) is 0.169. The molecule has 4 rings (SSSR count). The zero-order valence-electron chi connectivity index (χ0n) is 23.9. The van der Waals surface area contributed by atoms with Crippen LogP contribution in [-0.4, -0.2) is 66.4 Å². The highest BCUT2D eigenvalue weighted by molar-refractivity contribution is 7.81. The molecule has 11 nitrogen and oxygen atoms in total. The van der Waals surface area contributed by atoms with E-state index in [1.165, 1.54) is 12.1 Å². The van der Waals surface area contributed by atoms with Crippen molar-refractivity contribution in [1.29, 1.82) is 0 Å². The molecule has 0 aliphatic carbocycles. The fourth-order valence-corrected chi connectivity index (χ4v) is 5.81. The first-order chi connectivity index (χ1) is 18.7. The van der Waals surface area contributed by atoms with E-state index in [-0.39, 0.29) is 28.8 Å².